The van der Waals surface area contributed by atoms with Crippen LogP contribution in [-0.4, -0.2) is 56.7 Å². The van der Waals surface area contributed by atoms with E-state index < -0.39 is 23.8 Å². The van der Waals surface area contributed by atoms with Gasteiger partial charge in [0.1, 0.15) is 12.2 Å². The predicted molar refractivity (Wildman–Crippen MR) is 136 cm³/mol. The number of benzene rings is 2. The van der Waals surface area contributed by atoms with E-state index in [0.29, 0.717) is 29.4 Å². The second kappa shape index (κ2) is 11.6. The zero-order valence-corrected chi connectivity index (χ0v) is 21.4. The molecule has 0 radical (unpaired) electrons. The normalized spacial score (nSPS) is 11.9. The van der Waals surface area contributed by atoms with Gasteiger partial charge in [-0.05, 0) is 38.8 Å². The number of methoxy groups -OCH3 is 3. The maximum Gasteiger partial charge on any atom is 0.411 e. The summed E-state index contributed by atoms with van der Waals surface area (Å²) in [7, 11) is 4.46. The Morgan fingerprint density at radius 2 is 1.64 bits per heavy atom. The standard InChI is InChI=1S/C26H33N3O7/c1-26(2,3)36-25(31)29-18(11-16-14-27-20-10-8-7-9-19(16)20)15-35-24(30)28-17-12-21(32-4)23(34-6)22(13-17)33-5/h7-10,12-14,18,27H,11,15H2,1-6H3,(H,28,30)(H,29,31). The molecule has 2 amide bonds. The van der Waals surface area contributed by atoms with E-state index in [0.717, 1.165) is 16.5 Å². The third-order valence-corrected chi connectivity index (χ3v) is 5.19. The van der Waals surface area contributed by atoms with E-state index in [2.05, 4.69) is 15.6 Å². The summed E-state index contributed by atoms with van der Waals surface area (Å²) >= 11 is 0. The molecule has 2 aromatic carbocycles. The molecule has 10 heteroatoms. The lowest BCUT2D eigenvalue weighted by molar-refractivity contribution is 0.0475. The number of carbonyl (C=O) groups is 2. The van der Waals surface area contributed by atoms with Crippen molar-refractivity contribution < 1.29 is 33.3 Å². The largest absolute Gasteiger partial charge is 0.493 e. The summed E-state index contributed by atoms with van der Waals surface area (Å²) < 4.78 is 26.8. The zero-order valence-electron chi connectivity index (χ0n) is 21.4. The molecule has 0 saturated heterocycles. The number of aromatic nitrogens is 1. The van der Waals surface area contributed by atoms with Crippen molar-refractivity contribution >= 4 is 28.8 Å². The third-order valence-electron chi connectivity index (χ3n) is 5.19. The fourth-order valence-electron chi connectivity index (χ4n) is 3.68. The van der Waals surface area contributed by atoms with E-state index in [-0.39, 0.29) is 6.61 Å². The number of ether oxygens (including phenoxy) is 5. The summed E-state index contributed by atoms with van der Waals surface area (Å²) in [6, 6.07) is 10.5. The first kappa shape index (κ1) is 26.5. The van der Waals surface area contributed by atoms with Gasteiger partial charge in [-0.2, -0.15) is 0 Å². The Morgan fingerprint density at radius 3 is 2.25 bits per heavy atom. The molecule has 1 heterocycles. The van der Waals surface area contributed by atoms with E-state index in [1.165, 1.54) is 21.3 Å². The van der Waals surface area contributed by atoms with Crippen LogP contribution in [0.3, 0.4) is 0 Å². The first-order chi connectivity index (χ1) is 17.1. The predicted octanol–water partition coefficient (Wildman–Crippen LogP) is 4.88. The number of alkyl carbamates (subject to hydrolysis) is 1. The van der Waals surface area contributed by atoms with Gasteiger partial charge in [0.25, 0.3) is 0 Å². The van der Waals surface area contributed by atoms with Gasteiger partial charge in [-0.1, -0.05) is 18.2 Å². The number of hydrogen-bond acceptors (Lipinski definition) is 7. The number of fused-ring (bicyclic) bond motifs is 1. The summed E-state index contributed by atoms with van der Waals surface area (Å²) in [5.41, 5.74) is 1.67. The van der Waals surface area contributed by atoms with Crippen molar-refractivity contribution in [3.05, 3.63) is 48.2 Å². The molecule has 0 bridgehead atoms. The van der Waals surface area contributed by atoms with E-state index >= 15 is 0 Å². The Morgan fingerprint density at radius 1 is 0.972 bits per heavy atom. The zero-order chi connectivity index (χ0) is 26.3. The molecule has 0 fully saturated rings. The number of rotatable bonds is 9. The van der Waals surface area contributed by atoms with Gasteiger partial charge in [-0.3, -0.25) is 5.32 Å². The van der Waals surface area contributed by atoms with Crippen LogP contribution in [0.1, 0.15) is 26.3 Å². The lowest BCUT2D eigenvalue weighted by Crippen LogP contribution is -2.43. The van der Waals surface area contributed by atoms with Crippen molar-refractivity contribution in [1.29, 1.82) is 0 Å². The minimum absolute atomic E-state index is 0.0883. The molecule has 194 valence electrons. The fourth-order valence-corrected chi connectivity index (χ4v) is 3.68. The Labute approximate surface area is 210 Å². The van der Waals surface area contributed by atoms with Crippen molar-refractivity contribution in [3.8, 4) is 17.2 Å². The average Bonchev–Trinajstić information content (AvgIpc) is 3.23. The average molecular weight is 500 g/mol. The molecule has 3 rings (SSSR count). The van der Waals surface area contributed by atoms with Crippen LogP contribution in [0.15, 0.2) is 42.6 Å². The van der Waals surface area contributed by atoms with Crippen LogP contribution < -0.4 is 24.8 Å². The highest BCUT2D eigenvalue weighted by molar-refractivity contribution is 5.86. The second-order valence-electron chi connectivity index (χ2n) is 9.04. The number of hydrogen-bond donors (Lipinski definition) is 3. The van der Waals surface area contributed by atoms with E-state index in [9.17, 15) is 9.59 Å². The number of H-pyrrole nitrogens is 1. The van der Waals surface area contributed by atoms with E-state index in [4.69, 9.17) is 23.7 Å². The summed E-state index contributed by atoms with van der Waals surface area (Å²) in [6.07, 6.45) is 0.991. The van der Waals surface area contributed by atoms with Crippen molar-refractivity contribution in [2.75, 3.05) is 33.3 Å². The quantitative estimate of drug-likeness (QED) is 0.384. The van der Waals surface area contributed by atoms with Crippen molar-refractivity contribution in [2.24, 2.45) is 0 Å². The summed E-state index contributed by atoms with van der Waals surface area (Å²) in [6.45, 7) is 5.25. The van der Waals surface area contributed by atoms with Crippen LogP contribution in [0.25, 0.3) is 10.9 Å². The molecule has 0 aliphatic rings. The number of nitrogens with one attached hydrogen (secondary N) is 3. The summed E-state index contributed by atoms with van der Waals surface area (Å²) in [5.74, 6) is 1.17. The van der Waals surface area contributed by atoms with Crippen LogP contribution in [0, 0.1) is 0 Å². The monoisotopic (exact) mass is 499 g/mol. The van der Waals surface area contributed by atoms with Gasteiger partial charge in [0, 0.05) is 29.2 Å². The number of para-hydroxylation sites is 1. The molecule has 36 heavy (non-hydrogen) atoms. The first-order valence-electron chi connectivity index (χ1n) is 11.4. The Balaban J connectivity index is 1.71. The van der Waals surface area contributed by atoms with E-state index in [1.807, 2.05) is 30.5 Å². The van der Waals surface area contributed by atoms with Gasteiger partial charge in [-0.15, -0.1) is 0 Å². The van der Waals surface area contributed by atoms with Gasteiger partial charge in [0.05, 0.1) is 33.1 Å². The third kappa shape index (κ3) is 6.97. The molecule has 0 aliphatic carbocycles. The van der Waals surface area contributed by atoms with Gasteiger partial charge >= 0.3 is 12.2 Å². The molecular formula is C26H33N3O7. The van der Waals surface area contributed by atoms with Crippen molar-refractivity contribution in [2.45, 2.75) is 38.8 Å². The topological polar surface area (TPSA) is 120 Å². The first-order valence-corrected chi connectivity index (χ1v) is 11.4. The Kier molecular flexibility index (Phi) is 8.52. The lowest BCUT2D eigenvalue weighted by atomic mass is 10.1. The molecule has 1 unspecified atom stereocenters. The highest BCUT2D eigenvalue weighted by Gasteiger charge is 2.22. The smallest absolute Gasteiger partial charge is 0.411 e. The van der Waals surface area contributed by atoms with Crippen molar-refractivity contribution in [1.82, 2.24) is 10.3 Å². The number of amides is 2. The minimum Gasteiger partial charge on any atom is -0.493 e. The molecule has 1 atom stereocenters. The van der Waals surface area contributed by atoms with Gasteiger partial charge < -0.3 is 34.0 Å². The van der Waals surface area contributed by atoms with E-state index in [1.54, 1.807) is 32.9 Å². The number of anilines is 1. The lowest BCUT2D eigenvalue weighted by Gasteiger charge is -2.23. The molecule has 1 aromatic heterocycles. The fraction of sp³-hybridized carbons (Fsp3) is 0.385. The SMILES string of the molecule is COc1cc(NC(=O)OCC(Cc2c[nH]c3ccccc23)NC(=O)OC(C)(C)C)cc(OC)c1OC. The van der Waals surface area contributed by atoms with Crippen LogP contribution >= 0.6 is 0 Å². The maximum atomic E-state index is 12.6. The van der Waals surface area contributed by atoms with Crippen LogP contribution in [0.4, 0.5) is 15.3 Å². The minimum atomic E-state index is -0.709. The molecular weight excluding hydrogens is 466 g/mol. The van der Waals surface area contributed by atoms with Crippen LogP contribution in [-0.2, 0) is 15.9 Å². The molecule has 0 saturated carbocycles. The van der Waals surface area contributed by atoms with Gasteiger partial charge in [0.15, 0.2) is 11.5 Å². The highest BCUT2D eigenvalue weighted by Crippen LogP contribution is 2.39. The Hall–Kier alpha value is -4.08. The second-order valence-corrected chi connectivity index (χ2v) is 9.04. The molecule has 10 nitrogen and oxygen atoms in total. The molecule has 3 N–H and O–H groups in total. The van der Waals surface area contributed by atoms with Crippen molar-refractivity contribution in [3.63, 3.8) is 0 Å². The van der Waals surface area contributed by atoms with Crippen LogP contribution in [0.5, 0.6) is 17.2 Å². The number of aromatic amines is 1. The number of carbonyl (C=O) groups excluding carboxylic acids is 2. The molecule has 3 aromatic rings. The molecule has 0 spiro atoms. The van der Waals surface area contributed by atoms with Crippen LogP contribution in [0.2, 0.25) is 0 Å². The van der Waals surface area contributed by atoms with Gasteiger partial charge in [-0.25, -0.2) is 9.59 Å². The molecule has 0 aliphatic heterocycles. The van der Waals surface area contributed by atoms with Gasteiger partial charge in [0.2, 0.25) is 5.75 Å². The summed E-state index contributed by atoms with van der Waals surface area (Å²) in [5, 5.41) is 6.49. The summed E-state index contributed by atoms with van der Waals surface area (Å²) in [4.78, 5) is 28.3. The highest BCUT2D eigenvalue weighted by atomic mass is 16.6. The maximum absolute atomic E-state index is 12.6. The Bertz CT molecular complexity index is 1170.